The maximum atomic E-state index is 12.5. The lowest BCUT2D eigenvalue weighted by Gasteiger charge is -2.23. The summed E-state index contributed by atoms with van der Waals surface area (Å²) in [4.78, 5) is 18.7. The van der Waals surface area contributed by atoms with Crippen LogP contribution in [0.4, 0.5) is 17.1 Å². The van der Waals surface area contributed by atoms with Crippen molar-refractivity contribution in [1.29, 1.82) is 0 Å². The van der Waals surface area contributed by atoms with Gasteiger partial charge >= 0.3 is 0 Å². The van der Waals surface area contributed by atoms with Crippen LogP contribution in [0.3, 0.4) is 0 Å². The number of rotatable bonds is 3. The second-order valence-corrected chi connectivity index (χ2v) is 5.74. The molecule has 1 aromatic heterocycles. The molecule has 0 fully saturated rings. The van der Waals surface area contributed by atoms with Gasteiger partial charge in [0.05, 0.1) is 11.4 Å². The Morgan fingerprint density at radius 3 is 2.46 bits per heavy atom. The number of aromatic nitrogens is 1. The van der Waals surface area contributed by atoms with E-state index in [2.05, 4.69) is 39.5 Å². The number of amides is 1. The van der Waals surface area contributed by atoms with Crippen LogP contribution < -0.4 is 10.2 Å². The molecule has 0 spiro atoms. The number of anilines is 3. The van der Waals surface area contributed by atoms with Crippen molar-refractivity contribution in [3.05, 3.63) is 84.2 Å². The maximum absolute atomic E-state index is 12.5. The molecule has 0 radical (unpaired) electrons. The Morgan fingerprint density at radius 1 is 0.917 bits per heavy atom. The summed E-state index contributed by atoms with van der Waals surface area (Å²) in [5, 5.41) is 3.03. The van der Waals surface area contributed by atoms with Gasteiger partial charge in [-0.15, -0.1) is 0 Å². The summed E-state index contributed by atoms with van der Waals surface area (Å²) in [6, 6.07) is 19.8. The summed E-state index contributed by atoms with van der Waals surface area (Å²) < 4.78 is 0. The van der Waals surface area contributed by atoms with E-state index in [4.69, 9.17) is 0 Å². The maximum Gasteiger partial charge on any atom is 0.255 e. The zero-order valence-corrected chi connectivity index (χ0v) is 13.1. The molecule has 4 nitrogen and oxygen atoms in total. The van der Waals surface area contributed by atoms with E-state index in [9.17, 15) is 4.79 Å². The van der Waals surface area contributed by atoms with Gasteiger partial charge in [-0.3, -0.25) is 9.78 Å². The average molecular weight is 315 g/mol. The topological polar surface area (TPSA) is 45.2 Å². The van der Waals surface area contributed by atoms with Crippen LogP contribution in [-0.2, 0) is 6.42 Å². The number of carbonyl (C=O) groups excluding carboxylic acids is 1. The monoisotopic (exact) mass is 315 g/mol. The first-order chi connectivity index (χ1) is 11.8. The molecule has 4 rings (SSSR count). The highest BCUT2D eigenvalue weighted by atomic mass is 16.1. The Labute approximate surface area is 140 Å². The van der Waals surface area contributed by atoms with E-state index in [1.807, 2.05) is 24.3 Å². The second-order valence-electron chi connectivity index (χ2n) is 5.74. The van der Waals surface area contributed by atoms with E-state index in [1.165, 1.54) is 11.3 Å². The molecule has 24 heavy (non-hydrogen) atoms. The molecular weight excluding hydrogens is 298 g/mol. The molecule has 0 bridgehead atoms. The van der Waals surface area contributed by atoms with Gasteiger partial charge in [-0.1, -0.05) is 30.3 Å². The van der Waals surface area contributed by atoms with Gasteiger partial charge in [-0.25, -0.2) is 0 Å². The minimum Gasteiger partial charge on any atom is -0.339 e. The van der Waals surface area contributed by atoms with Crippen molar-refractivity contribution >= 4 is 23.0 Å². The van der Waals surface area contributed by atoms with E-state index in [0.717, 1.165) is 24.3 Å². The molecular formula is C20H17N3O. The fourth-order valence-corrected chi connectivity index (χ4v) is 3.10. The molecule has 2 aromatic carbocycles. The minimum atomic E-state index is -0.127. The van der Waals surface area contributed by atoms with Crippen LogP contribution in [0.2, 0.25) is 0 Å². The highest BCUT2D eigenvalue weighted by Crippen LogP contribution is 2.38. The fraction of sp³-hybridized carbons (Fsp3) is 0.100. The molecule has 0 saturated heterocycles. The zero-order chi connectivity index (χ0) is 16.4. The number of fused-ring (bicyclic) bond motifs is 1. The smallest absolute Gasteiger partial charge is 0.255 e. The van der Waals surface area contributed by atoms with Gasteiger partial charge in [-0.05, 0) is 42.3 Å². The third kappa shape index (κ3) is 2.63. The van der Waals surface area contributed by atoms with Crippen LogP contribution >= 0.6 is 0 Å². The summed E-state index contributed by atoms with van der Waals surface area (Å²) in [6.45, 7) is 0.918. The largest absolute Gasteiger partial charge is 0.339 e. The number of hydrogen-bond acceptors (Lipinski definition) is 3. The van der Waals surface area contributed by atoms with E-state index in [0.29, 0.717) is 5.56 Å². The molecule has 1 N–H and O–H groups in total. The van der Waals surface area contributed by atoms with E-state index < -0.39 is 0 Å². The van der Waals surface area contributed by atoms with Crippen LogP contribution in [0.15, 0.2) is 73.1 Å². The molecule has 1 aliphatic heterocycles. The van der Waals surface area contributed by atoms with Crippen molar-refractivity contribution in [3.8, 4) is 0 Å². The molecule has 1 amide bonds. The first kappa shape index (κ1) is 14.5. The van der Waals surface area contributed by atoms with E-state index >= 15 is 0 Å². The van der Waals surface area contributed by atoms with Crippen LogP contribution in [-0.4, -0.2) is 17.4 Å². The number of carbonyl (C=O) groups is 1. The summed E-state index contributed by atoms with van der Waals surface area (Å²) in [7, 11) is 0. The van der Waals surface area contributed by atoms with Crippen molar-refractivity contribution in [3.63, 3.8) is 0 Å². The third-order valence-electron chi connectivity index (χ3n) is 4.27. The molecule has 0 unspecified atom stereocenters. The summed E-state index contributed by atoms with van der Waals surface area (Å²) in [6.07, 6.45) is 4.26. The second kappa shape index (κ2) is 6.16. The Hall–Kier alpha value is -3.14. The normalized spacial score (nSPS) is 12.8. The Balaban J connectivity index is 1.66. The first-order valence-electron chi connectivity index (χ1n) is 7.99. The predicted molar refractivity (Wildman–Crippen MR) is 95.8 cm³/mol. The quantitative estimate of drug-likeness (QED) is 0.794. The lowest BCUT2D eigenvalue weighted by Crippen LogP contribution is -2.18. The molecule has 118 valence electrons. The minimum absolute atomic E-state index is 0.127. The molecule has 2 heterocycles. The van der Waals surface area contributed by atoms with Crippen LogP contribution in [0.5, 0.6) is 0 Å². The van der Waals surface area contributed by atoms with E-state index in [-0.39, 0.29) is 5.91 Å². The highest BCUT2D eigenvalue weighted by Gasteiger charge is 2.22. The van der Waals surface area contributed by atoms with Crippen molar-refractivity contribution < 1.29 is 4.79 Å². The van der Waals surface area contributed by atoms with Gasteiger partial charge in [0.15, 0.2) is 0 Å². The molecule has 1 aliphatic rings. The van der Waals surface area contributed by atoms with E-state index in [1.54, 1.807) is 24.5 Å². The standard InChI is InChI=1S/C20H17N3O/c24-20(16-9-12-21-13-10-16)22-17-6-2-4-8-19(17)23-14-11-15-5-1-3-7-18(15)23/h1-10,12-13H,11,14H2,(H,22,24). The molecule has 0 atom stereocenters. The Bertz CT molecular complexity index is 877. The molecule has 4 heteroatoms. The SMILES string of the molecule is O=C(Nc1ccccc1N1CCc2ccccc21)c1ccncc1. The third-order valence-corrected chi connectivity index (χ3v) is 4.27. The lowest BCUT2D eigenvalue weighted by molar-refractivity contribution is 0.102. The van der Waals surface area contributed by atoms with Gasteiger partial charge in [0.25, 0.3) is 5.91 Å². The van der Waals surface area contributed by atoms with Gasteiger partial charge in [0.1, 0.15) is 0 Å². The fourth-order valence-electron chi connectivity index (χ4n) is 3.10. The Morgan fingerprint density at radius 2 is 1.62 bits per heavy atom. The van der Waals surface area contributed by atoms with Crippen molar-refractivity contribution in [2.45, 2.75) is 6.42 Å². The van der Waals surface area contributed by atoms with Crippen LogP contribution in [0.1, 0.15) is 15.9 Å². The summed E-state index contributed by atoms with van der Waals surface area (Å²) >= 11 is 0. The number of nitrogens with one attached hydrogen (secondary N) is 1. The average Bonchev–Trinajstić information content (AvgIpc) is 3.07. The van der Waals surface area contributed by atoms with Gasteiger partial charge in [-0.2, -0.15) is 0 Å². The van der Waals surface area contributed by atoms with Gasteiger partial charge < -0.3 is 10.2 Å². The Kier molecular flexibility index (Phi) is 3.71. The summed E-state index contributed by atoms with van der Waals surface area (Å²) in [5.74, 6) is -0.127. The zero-order valence-electron chi connectivity index (χ0n) is 13.1. The lowest BCUT2D eigenvalue weighted by atomic mass is 10.1. The summed E-state index contributed by atoms with van der Waals surface area (Å²) in [5.41, 5.74) is 4.98. The number of para-hydroxylation sites is 3. The number of pyridine rings is 1. The van der Waals surface area contributed by atoms with Gasteiger partial charge in [0, 0.05) is 30.2 Å². The highest BCUT2D eigenvalue weighted by molar-refractivity contribution is 6.06. The van der Waals surface area contributed by atoms with Crippen LogP contribution in [0, 0.1) is 0 Å². The molecule has 0 saturated carbocycles. The molecule has 0 aliphatic carbocycles. The predicted octanol–water partition coefficient (Wildman–Crippen LogP) is 4.03. The van der Waals surface area contributed by atoms with Crippen molar-refractivity contribution in [2.75, 3.05) is 16.8 Å². The van der Waals surface area contributed by atoms with Crippen molar-refractivity contribution in [1.82, 2.24) is 4.98 Å². The van der Waals surface area contributed by atoms with Crippen molar-refractivity contribution in [2.24, 2.45) is 0 Å². The number of nitrogens with zero attached hydrogens (tertiary/aromatic N) is 2. The van der Waals surface area contributed by atoms with Crippen LogP contribution in [0.25, 0.3) is 0 Å². The molecule has 3 aromatic rings. The first-order valence-corrected chi connectivity index (χ1v) is 7.99. The number of hydrogen-bond donors (Lipinski definition) is 1. The number of benzene rings is 2. The van der Waals surface area contributed by atoms with Gasteiger partial charge in [0.2, 0.25) is 0 Å².